The molecule has 2 saturated carbocycles. The summed E-state index contributed by atoms with van der Waals surface area (Å²) in [5, 5.41) is 3.64. The van der Waals surface area contributed by atoms with Crippen LogP contribution in [0.2, 0.25) is 19.6 Å². The summed E-state index contributed by atoms with van der Waals surface area (Å²) in [6.45, 7) is 9.47. The average molecular weight is 842 g/mol. The summed E-state index contributed by atoms with van der Waals surface area (Å²) in [4.78, 5) is 13.9. The molecule has 2 aromatic carbocycles. The zero-order valence-corrected chi connectivity index (χ0v) is 32.7. The van der Waals surface area contributed by atoms with Gasteiger partial charge in [0.05, 0.1) is 13.7 Å². The Morgan fingerprint density at radius 3 is 2.12 bits per heavy atom. The van der Waals surface area contributed by atoms with Crippen molar-refractivity contribution in [1.29, 1.82) is 0 Å². The third-order valence-electron chi connectivity index (χ3n) is 10.4. The van der Waals surface area contributed by atoms with Crippen LogP contribution in [0.3, 0.4) is 0 Å². The number of benzene rings is 2. The zero-order chi connectivity index (χ0) is 33.1. The maximum Gasteiger partial charge on any atom is 0.216 e. The van der Waals surface area contributed by atoms with E-state index in [0.717, 1.165) is 57.1 Å². The summed E-state index contributed by atoms with van der Waals surface area (Å²) in [5.41, 5.74) is 9.73. The van der Waals surface area contributed by atoms with Gasteiger partial charge in [-0.05, 0) is 65.9 Å². The van der Waals surface area contributed by atoms with Gasteiger partial charge in [0.25, 0.3) is 0 Å². The summed E-state index contributed by atoms with van der Waals surface area (Å²) in [7, 11) is -1.35. The van der Waals surface area contributed by atoms with Crippen LogP contribution in [0.1, 0.15) is 68.1 Å². The van der Waals surface area contributed by atoms with Crippen LogP contribution >= 0.6 is 0 Å². The minimum Gasteiger partial charge on any atom is -0.486 e. The molecule has 2 fully saturated rings. The summed E-state index contributed by atoms with van der Waals surface area (Å²) in [6.07, 6.45) is 19.5. The number of aryl methyl sites for hydroxylation is 1. The van der Waals surface area contributed by atoms with Crippen molar-refractivity contribution in [2.24, 2.45) is 11.8 Å². The molecule has 0 aliphatic heterocycles. The zero-order valence-electron chi connectivity index (χ0n) is 29.3. The number of hydrogen-bond donors (Lipinski definition) is 0. The molecule has 4 heterocycles. The normalized spacial score (nSPS) is 15.3. The van der Waals surface area contributed by atoms with E-state index < -0.39 is 8.07 Å². The molecule has 4 aromatic heterocycles. The van der Waals surface area contributed by atoms with Crippen LogP contribution in [0.25, 0.3) is 44.6 Å². The van der Waals surface area contributed by atoms with Crippen LogP contribution < -0.4 is 5.19 Å². The third-order valence-corrected chi connectivity index (χ3v) is 12.5. The first-order valence-electron chi connectivity index (χ1n) is 17.9. The third kappa shape index (κ3) is 8.14. The summed E-state index contributed by atoms with van der Waals surface area (Å²) < 4.78 is 6.03. The minimum atomic E-state index is -1.35. The van der Waals surface area contributed by atoms with Gasteiger partial charge in [-0.2, -0.15) is 0 Å². The maximum atomic E-state index is 6.03. The van der Waals surface area contributed by atoms with E-state index in [1.165, 1.54) is 68.9 Å². The van der Waals surface area contributed by atoms with Crippen molar-refractivity contribution in [3.05, 3.63) is 108 Å². The average Bonchev–Trinajstić information content (AvgIpc) is 3.88. The second kappa shape index (κ2) is 15.6. The number of pyridine rings is 3. The second-order valence-electron chi connectivity index (χ2n) is 15.0. The first-order valence-corrected chi connectivity index (χ1v) is 21.4. The first kappa shape index (κ1) is 35.4. The molecule has 2 aliphatic rings. The predicted molar refractivity (Wildman–Crippen MR) is 201 cm³/mol. The molecule has 2 aliphatic carbocycles. The molecule has 0 unspecified atom stereocenters. The fourth-order valence-electron chi connectivity index (χ4n) is 7.79. The van der Waals surface area contributed by atoms with Crippen LogP contribution in [-0.4, -0.2) is 23.0 Å². The fraction of sp³-hybridized carbons (Fsp3) is 0.372. The van der Waals surface area contributed by atoms with E-state index in [2.05, 4.69) is 80.3 Å². The molecule has 255 valence electrons. The molecule has 1 radical (unpaired) electrons. The molecule has 6 heteroatoms. The quantitative estimate of drug-likeness (QED) is 0.119. The van der Waals surface area contributed by atoms with Crippen molar-refractivity contribution in [1.82, 2.24) is 15.0 Å². The van der Waals surface area contributed by atoms with Gasteiger partial charge in [0, 0.05) is 44.1 Å². The van der Waals surface area contributed by atoms with Crippen molar-refractivity contribution >= 4 is 35.3 Å². The summed E-state index contributed by atoms with van der Waals surface area (Å²) >= 11 is 0. The summed E-state index contributed by atoms with van der Waals surface area (Å²) in [6, 6.07) is 27.3. The SMILES string of the molecule is C[Si](C)(C)c1cnc(-c2[c-]cccc2)cc1CC1CCCC1.Cc1cc(-c2[c-]ccc3c2oc2ncccc23)ncc1CC1CCCC1.[Ir]. The Labute approximate surface area is 306 Å². The van der Waals surface area contributed by atoms with Crippen molar-refractivity contribution in [3.8, 4) is 22.5 Å². The first-order chi connectivity index (χ1) is 23.3. The predicted octanol–water partition coefficient (Wildman–Crippen LogP) is 10.7. The molecule has 0 saturated heterocycles. The van der Waals surface area contributed by atoms with Crippen molar-refractivity contribution in [2.45, 2.75) is 90.8 Å². The van der Waals surface area contributed by atoms with Gasteiger partial charge >= 0.3 is 0 Å². The van der Waals surface area contributed by atoms with Crippen LogP contribution in [0, 0.1) is 30.9 Å². The van der Waals surface area contributed by atoms with Gasteiger partial charge < -0.3 is 14.4 Å². The van der Waals surface area contributed by atoms with Crippen LogP contribution in [0.4, 0.5) is 0 Å². The van der Waals surface area contributed by atoms with Crippen molar-refractivity contribution in [3.63, 3.8) is 0 Å². The smallest absolute Gasteiger partial charge is 0.216 e. The molecule has 6 aromatic rings. The Bertz CT molecular complexity index is 2000. The molecule has 0 amide bonds. The molecule has 0 spiro atoms. The van der Waals surface area contributed by atoms with Gasteiger partial charge in [-0.15, -0.1) is 54.1 Å². The van der Waals surface area contributed by atoms with Gasteiger partial charge in [0.1, 0.15) is 0 Å². The molecular weight excluding hydrogens is 795 g/mol. The van der Waals surface area contributed by atoms with Gasteiger partial charge in [0.15, 0.2) is 0 Å². The molecule has 8 rings (SSSR count). The number of fused-ring (bicyclic) bond motifs is 3. The van der Waals surface area contributed by atoms with Crippen molar-refractivity contribution in [2.75, 3.05) is 0 Å². The standard InChI is InChI=1S/C23H21N2O.C20H26NSi.Ir/c1-15-12-21(25-14-17(15)13-16-6-2-3-7-16)20-9-4-8-18-19-10-5-11-24-23(19)26-22(18)20;1-22(2,3)20-15-21-19(17-11-5-4-6-12-17)14-18(20)13-16-9-7-8-10-16;/h4-5,8,10-12,14,16H,2-3,6-7,13H2,1H3;4-6,11,14-16H,7-10,13H2,1-3H3;/q2*-1;. The number of furan rings is 1. The summed E-state index contributed by atoms with van der Waals surface area (Å²) in [5.74, 6) is 1.71. The largest absolute Gasteiger partial charge is 0.486 e. The Balaban J connectivity index is 0.000000169. The Morgan fingerprint density at radius 2 is 1.45 bits per heavy atom. The molecule has 4 nitrogen and oxygen atoms in total. The Morgan fingerprint density at radius 1 is 0.735 bits per heavy atom. The molecule has 0 bridgehead atoms. The van der Waals surface area contributed by atoms with Gasteiger partial charge in [0.2, 0.25) is 5.71 Å². The second-order valence-corrected chi connectivity index (χ2v) is 20.1. The van der Waals surface area contributed by atoms with Crippen LogP contribution in [-0.2, 0) is 32.9 Å². The molecule has 49 heavy (non-hydrogen) atoms. The maximum absolute atomic E-state index is 6.03. The van der Waals surface area contributed by atoms with E-state index in [1.54, 1.807) is 16.9 Å². The molecule has 0 atom stereocenters. The molecule has 0 N–H and O–H groups in total. The van der Waals surface area contributed by atoms with Gasteiger partial charge in [-0.3, -0.25) is 0 Å². The number of aromatic nitrogens is 3. The van der Waals surface area contributed by atoms with E-state index in [0.29, 0.717) is 5.71 Å². The van der Waals surface area contributed by atoms with E-state index in [4.69, 9.17) is 14.4 Å². The van der Waals surface area contributed by atoms with E-state index in [-0.39, 0.29) is 20.1 Å². The Hall–Kier alpha value is -3.44. The van der Waals surface area contributed by atoms with Crippen molar-refractivity contribution < 1.29 is 24.5 Å². The van der Waals surface area contributed by atoms with E-state index in [9.17, 15) is 0 Å². The number of nitrogens with zero attached hydrogens (tertiary/aromatic N) is 3. The van der Waals surface area contributed by atoms with E-state index >= 15 is 0 Å². The molecular formula is C43H47IrN3OSi-2. The number of rotatable bonds is 7. The Kier molecular flexibility index (Phi) is 11.3. The van der Waals surface area contributed by atoms with Gasteiger partial charge in [-0.25, -0.2) is 4.98 Å². The fourth-order valence-corrected chi connectivity index (χ4v) is 9.38. The number of hydrogen-bond acceptors (Lipinski definition) is 4. The minimum absolute atomic E-state index is 0. The van der Waals surface area contributed by atoms with Gasteiger partial charge in [-0.1, -0.05) is 105 Å². The monoisotopic (exact) mass is 842 g/mol. The van der Waals surface area contributed by atoms with Crippen LogP contribution in [0.5, 0.6) is 0 Å². The van der Waals surface area contributed by atoms with Crippen LogP contribution in [0.15, 0.2) is 83.7 Å². The topological polar surface area (TPSA) is 51.8 Å². The van der Waals surface area contributed by atoms with E-state index in [1.807, 2.05) is 36.4 Å².